The standard InChI is InChI=1S/C29H21N3O3S2/c1-17-5-4-6-18(13-17)28(34)31-20-10-12-23-26(15-20)37-29(32-23)36-16-27(33)30-19-9-11-22-21-7-2-3-8-24(21)35-25(22)14-19/h2-15H,16H2,1H3,(H,30,33)(H,31,34). The van der Waals surface area contributed by atoms with Gasteiger partial charge < -0.3 is 15.1 Å². The Labute approximate surface area is 220 Å². The number of benzene rings is 4. The van der Waals surface area contributed by atoms with Gasteiger partial charge in [-0.3, -0.25) is 9.59 Å². The van der Waals surface area contributed by atoms with Gasteiger partial charge in [0.25, 0.3) is 5.91 Å². The number of hydrogen-bond donors (Lipinski definition) is 2. The number of thiazole rings is 1. The van der Waals surface area contributed by atoms with Crippen molar-refractivity contribution >= 4 is 78.4 Å². The summed E-state index contributed by atoms with van der Waals surface area (Å²) in [5.41, 5.74) is 5.44. The highest BCUT2D eigenvalue weighted by molar-refractivity contribution is 8.01. The van der Waals surface area contributed by atoms with Gasteiger partial charge in [-0.2, -0.15) is 0 Å². The fourth-order valence-electron chi connectivity index (χ4n) is 4.16. The minimum absolute atomic E-state index is 0.120. The molecule has 6 nitrogen and oxygen atoms in total. The van der Waals surface area contributed by atoms with Crippen molar-refractivity contribution in [1.29, 1.82) is 0 Å². The minimum atomic E-state index is -0.153. The molecule has 0 saturated carbocycles. The highest BCUT2D eigenvalue weighted by Gasteiger charge is 2.12. The summed E-state index contributed by atoms with van der Waals surface area (Å²) in [6.45, 7) is 1.96. The molecule has 8 heteroatoms. The second kappa shape index (κ2) is 9.72. The Kier molecular flexibility index (Phi) is 6.12. The molecule has 0 unspecified atom stereocenters. The number of nitrogens with zero attached hydrogens (tertiary/aromatic N) is 1. The van der Waals surface area contributed by atoms with E-state index in [-0.39, 0.29) is 17.6 Å². The number of aryl methyl sites for hydroxylation is 1. The van der Waals surface area contributed by atoms with E-state index in [0.717, 1.165) is 42.1 Å². The monoisotopic (exact) mass is 523 g/mol. The first-order chi connectivity index (χ1) is 18.0. The molecule has 0 bridgehead atoms. The molecular formula is C29H21N3O3S2. The van der Waals surface area contributed by atoms with Gasteiger partial charge in [0.15, 0.2) is 4.34 Å². The molecule has 0 atom stereocenters. The zero-order valence-corrected chi connectivity index (χ0v) is 21.4. The SMILES string of the molecule is Cc1cccc(C(=O)Nc2ccc3nc(SCC(=O)Nc4ccc5c(c4)oc4ccccc45)sc3c2)c1. The van der Waals surface area contributed by atoms with Crippen molar-refractivity contribution < 1.29 is 14.0 Å². The number of anilines is 2. The van der Waals surface area contributed by atoms with E-state index in [0.29, 0.717) is 16.9 Å². The van der Waals surface area contributed by atoms with Gasteiger partial charge in [0.1, 0.15) is 11.2 Å². The van der Waals surface area contributed by atoms with Crippen LogP contribution in [0, 0.1) is 6.92 Å². The number of aromatic nitrogens is 1. The Morgan fingerprint density at radius 1 is 0.865 bits per heavy atom. The number of thioether (sulfide) groups is 1. The van der Waals surface area contributed by atoms with E-state index in [9.17, 15) is 9.59 Å². The molecule has 0 aliphatic carbocycles. The van der Waals surface area contributed by atoms with Crippen molar-refractivity contribution in [3.63, 3.8) is 0 Å². The first-order valence-corrected chi connectivity index (χ1v) is 13.4. The summed E-state index contributed by atoms with van der Waals surface area (Å²) < 4.78 is 7.65. The number of hydrogen-bond acceptors (Lipinski definition) is 6. The van der Waals surface area contributed by atoms with E-state index in [1.54, 1.807) is 6.07 Å². The number of amides is 2. The lowest BCUT2D eigenvalue weighted by Crippen LogP contribution is -2.13. The Bertz CT molecular complexity index is 1810. The van der Waals surface area contributed by atoms with Crippen molar-refractivity contribution in [2.75, 3.05) is 16.4 Å². The van der Waals surface area contributed by atoms with Crippen molar-refractivity contribution in [2.45, 2.75) is 11.3 Å². The Morgan fingerprint density at radius 2 is 1.68 bits per heavy atom. The van der Waals surface area contributed by atoms with Crippen LogP contribution in [0.25, 0.3) is 32.2 Å². The van der Waals surface area contributed by atoms with Crippen LogP contribution in [0.3, 0.4) is 0 Å². The van der Waals surface area contributed by atoms with Crippen LogP contribution in [0.15, 0.2) is 93.7 Å². The predicted molar refractivity (Wildman–Crippen MR) is 152 cm³/mol. The second-order valence-electron chi connectivity index (χ2n) is 8.63. The van der Waals surface area contributed by atoms with Crippen LogP contribution in [0.1, 0.15) is 15.9 Å². The van der Waals surface area contributed by atoms with Crippen LogP contribution in [0.5, 0.6) is 0 Å². The molecule has 6 rings (SSSR count). The number of fused-ring (bicyclic) bond motifs is 4. The Hall–Kier alpha value is -4.14. The molecule has 0 radical (unpaired) electrons. The van der Waals surface area contributed by atoms with E-state index in [1.807, 2.05) is 85.8 Å². The van der Waals surface area contributed by atoms with Crippen LogP contribution >= 0.6 is 23.1 Å². The molecule has 2 heterocycles. The maximum atomic E-state index is 12.6. The molecule has 37 heavy (non-hydrogen) atoms. The van der Waals surface area contributed by atoms with Crippen molar-refractivity contribution in [2.24, 2.45) is 0 Å². The zero-order chi connectivity index (χ0) is 25.4. The quantitative estimate of drug-likeness (QED) is 0.221. The van der Waals surface area contributed by atoms with Crippen LogP contribution < -0.4 is 10.6 Å². The fraction of sp³-hybridized carbons (Fsp3) is 0.0690. The number of rotatable bonds is 6. The average molecular weight is 524 g/mol. The van der Waals surface area contributed by atoms with Gasteiger partial charge in [-0.1, -0.05) is 47.7 Å². The summed E-state index contributed by atoms with van der Waals surface area (Å²) in [5.74, 6) is -0.0416. The molecule has 2 amide bonds. The van der Waals surface area contributed by atoms with Crippen LogP contribution in [-0.2, 0) is 4.79 Å². The predicted octanol–water partition coefficient (Wildman–Crippen LogP) is 7.49. The summed E-state index contributed by atoms with van der Waals surface area (Å²) in [7, 11) is 0. The van der Waals surface area contributed by atoms with Gasteiger partial charge in [0.05, 0.1) is 16.0 Å². The topological polar surface area (TPSA) is 84.2 Å². The van der Waals surface area contributed by atoms with E-state index >= 15 is 0 Å². The third kappa shape index (κ3) is 4.94. The summed E-state index contributed by atoms with van der Waals surface area (Å²) in [6, 6.07) is 26.7. The molecule has 6 aromatic rings. The largest absolute Gasteiger partial charge is 0.456 e. The van der Waals surface area contributed by atoms with E-state index in [2.05, 4.69) is 15.6 Å². The molecule has 0 aliphatic rings. The lowest BCUT2D eigenvalue weighted by atomic mass is 10.1. The maximum Gasteiger partial charge on any atom is 0.255 e. The van der Waals surface area contributed by atoms with Crippen LogP contribution in [0.4, 0.5) is 11.4 Å². The second-order valence-corrected chi connectivity index (χ2v) is 10.9. The van der Waals surface area contributed by atoms with Gasteiger partial charge in [-0.25, -0.2) is 4.98 Å². The van der Waals surface area contributed by atoms with Crippen molar-refractivity contribution in [3.05, 3.63) is 96.1 Å². The van der Waals surface area contributed by atoms with Crippen molar-refractivity contribution in [1.82, 2.24) is 4.98 Å². The van der Waals surface area contributed by atoms with Gasteiger partial charge in [0.2, 0.25) is 5.91 Å². The van der Waals surface area contributed by atoms with E-state index in [1.165, 1.54) is 23.1 Å². The minimum Gasteiger partial charge on any atom is -0.456 e. The van der Waals surface area contributed by atoms with Gasteiger partial charge in [-0.05, 0) is 55.5 Å². The number of nitrogens with one attached hydrogen (secondary N) is 2. The van der Waals surface area contributed by atoms with Gasteiger partial charge in [0, 0.05) is 33.8 Å². The number of carbonyl (C=O) groups excluding carboxylic acids is 2. The number of para-hydroxylation sites is 1. The molecule has 182 valence electrons. The molecular weight excluding hydrogens is 502 g/mol. The van der Waals surface area contributed by atoms with Crippen molar-refractivity contribution in [3.8, 4) is 0 Å². The number of carbonyl (C=O) groups is 2. The average Bonchev–Trinajstić information content (AvgIpc) is 3.47. The molecule has 0 aliphatic heterocycles. The molecule has 0 saturated heterocycles. The van der Waals surface area contributed by atoms with Gasteiger partial charge in [-0.15, -0.1) is 11.3 Å². The third-order valence-corrected chi connectivity index (χ3v) is 8.06. The summed E-state index contributed by atoms with van der Waals surface area (Å²) in [4.78, 5) is 29.8. The normalized spacial score (nSPS) is 11.3. The Morgan fingerprint density at radius 3 is 2.57 bits per heavy atom. The van der Waals surface area contributed by atoms with Gasteiger partial charge >= 0.3 is 0 Å². The van der Waals surface area contributed by atoms with E-state index in [4.69, 9.17) is 4.42 Å². The Balaban J connectivity index is 1.10. The molecule has 0 fully saturated rings. The van der Waals surface area contributed by atoms with Crippen LogP contribution in [0.2, 0.25) is 0 Å². The highest BCUT2D eigenvalue weighted by atomic mass is 32.2. The molecule has 0 spiro atoms. The third-order valence-electron chi connectivity index (χ3n) is 5.90. The summed E-state index contributed by atoms with van der Waals surface area (Å²) in [5, 5.41) is 7.96. The molecule has 2 aromatic heterocycles. The zero-order valence-electron chi connectivity index (χ0n) is 19.8. The smallest absolute Gasteiger partial charge is 0.255 e. The van der Waals surface area contributed by atoms with E-state index < -0.39 is 0 Å². The maximum absolute atomic E-state index is 12.6. The summed E-state index contributed by atoms with van der Waals surface area (Å²) >= 11 is 2.88. The fourth-order valence-corrected chi connectivity index (χ4v) is 6.07. The molecule has 2 N–H and O–H groups in total. The first kappa shape index (κ1) is 23.3. The highest BCUT2D eigenvalue weighted by Crippen LogP contribution is 2.32. The molecule has 4 aromatic carbocycles. The lowest BCUT2D eigenvalue weighted by molar-refractivity contribution is -0.113. The lowest BCUT2D eigenvalue weighted by Gasteiger charge is -2.05. The summed E-state index contributed by atoms with van der Waals surface area (Å²) in [6.07, 6.45) is 0. The number of furan rings is 1. The first-order valence-electron chi connectivity index (χ1n) is 11.6. The van der Waals surface area contributed by atoms with Crippen LogP contribution in [-0.4, -0.2) is 22.6 Å².